The Morgan fingerprint density at radius 1 is 0.538 bits per heavy atom. The Labute approximate surface area is 317 Å². The first-order valence-corrected chi connectivity index (χ1v) is 18.3. The number of aliphatic hydroxyl groups excluding tert-OH is 2. The molecule has 0 saturated carbocycles. The summed E-state index contributed by atoms with van der Waals surface area (Å²) >= 11 is 7.67. The lowest BCUT2D eigenvalue weighted by atomic mass is 10.0. The van der Waals surface area contributed by atoms with E-state index in [1.165, 1.54) is 0 Å². The van der Waals surface area contributed by atoms with E-state index in [1.54, 1.807) is 27.7 Å². The van der Waals surface area contributed by atoms with Gasteiger partial charge in [-0.3, -0.25) is 0 Å². The fourth-order valence-electron chi connectivity index (χ4n) is 6.19. The summed E-state index contributed by atoms with van der Waals surface area (Å²) in [6.07, 6.45) is 4.72. The topological polar surface area (TPSA) is 135 Å². The molecule has 2 aliphatic heterocycles. The SMILES string of the molecule is CC(O)OC(C)Oc1cccc(-c2c3nc(c(Br)c4ccc([nH]4)c(-c4cccc(OC(C)OC(C)O)c4)c4nc(c(Br)c5ccc2[nH]5)C=C4)C=C3)c1. The normalized spacial score (nSPS) is 14.6. The highest BCUT2D eigenvalue weighted by Crippen LogP contribution is 2.37. The molecule has 3 aromatic heterocycles. The average Bonchev–Trinajstić information content (AvgIpc) is 3.92. The number of aromatic nitrogens is 4. The van der Waals surface area contributed by atoms with Crippen LogP contribution in [-0.2, 0) is 9.47 Å². The number of hydrogen-bond acceptors (Lipinski definition) is 8. The monoisotopic (exact) mass is 826 g/mol. The lowest BCUT2D eigenvalue weighted by Crippen LogP contribution is -2.21. The second-order valence-electron chi connectivity index (χ2n) is 12.3. The quantitative estimate of drug-likeness (QED) is 0.100. The molecule has 8 bridgehead atoms. The van der Waals surface area contributed by atoms with Crippen LogP contribution in [0.3, 0.4) is 0 Å². The summed E-state index contributed by atoms with van der Waals surface area (Å²) in [7, 11) is 0. The Kier molecular flexibility index (Phi) is 10.5. The number of benzene rings is 2. The van der Waals surface area contributed by atoms with E-state index in [4.69, 9.17) is 28.9 Å². The van der Waals surface area contributed by atoms with Crippen LogP contribution < -0.4 is 9.47 Å². The van der Waals surface area contributed by atoms with Crippen molar-refractivity contribution < 1.29 is 29.2 Å². The summed E-state index contributed by atoms with van der Waals surface area (Å²) in [6, 6.07) is 23.5. The molecule has 10 nitrogen and oxygen atoms in total. The molecule has 4 unspecified atom stereocenters. The highest BCUT2D eigenvalue weighted by molar-refractivity contribution is 9.11. The van der Waals surface area contributed by atoms with Crippen LogP contribution in [0.5, 0.6) is 11.5 Å². The van der Waals surface area contributed by atoms with E-state index in [9.17, 15) is 10.2 Å². The van der Waals surface area contributed by atoms with Crippen LogP contribution >= 0.6 is 31.9 Å². The van der Waals surface area contributed by atoms with Crippen LogP contribution in [0.25, 0.3) is 68.6 Å². The van der Waals surface area contributed by atoms with Gasteiger partial charge in [0, 0.05) is 22.2 Å². The van der Waals surface area contributed by atoms with Gasteiger partial charge in [-0.05, 0) is 144 Å². The van der Waals surface area contributed by atoms with Crippen LogP contribution in [0.15, 0.2) is 81.7 Å². The predicted octanol–water partition coefficient (Wildman–Crippen LogP) is 9.67. The molecule has 52 heavy (non-hydrogen) atoms. The zero-order valence-electron chi connectivity index (χ0n) is 28.7. The van der Waals surface area contributed by atoms with Gasteiger partial charge in [-0.1, -0.05) is 24.3 Å². The molecule has 2 aromatic carbocycles. The second kappa shape index (κ2) is 15.2. The van der Waals surface area contributed by atoms with Gasteiger partial charge in [0.05, 0.1) is 42.8 Å². The van der Waals surface area contributed by atoms with Gasteiger partial charge in [0.25, 0.3) is 0 Å². The minimum atomic E-state index is -0.959. The van der Waals surface area contributed by atoms with E-state index >= 15 is 0 Å². The highest BCUT2D eigenvalue weighted by Gasteiger charge is 2.18. The lowest BCUT2D eigenvalue weighted by Gasteiger charge is -2.17. The van der Waals surface area contributed by atoms with Gasteiger partial charge < -0.3 is 39.1 Å². The average molecular weight is 829 g/mol. The van der Waals surface area contributed by atoms with E-state index < -0.39 is 25.2 Å². The van der Waals surface area contributed by atoms with Gasteiger partial charge in [-0.15, -0.1) is 0 Å². The highest BCUT2D eigenvalue weighted by atomic mass is 79.9. The summed E-state index contributed by atoms with van der Waals surface area (Å²) < 4.78 is 24.3. The molecule has 266 valence electrons. The van der Waals surface area contributed by atoms with Gasteiger partial charge >= 0.3 is 0 Å². The van der Waals surface area contributed by atoms with Crippen LogP contribution in [0.4, 0.5) is 0 Å². The number of nitrogens with one attached hydrogen (secondary N) is 2. The standard InChI is InChI=1S/C40H36Br2N4O6/c1-21(47)49-23(3)51-27-9-5-7-25(19-27)37-29-11-15-33(43-29)39(41)35-17-13-31(45-35)38(26-8-6-10-28(20-26)52-24(4)50-22(2)48)32-14-18-36(46-32)40(42)34-16-12-30(37)44-34/h5-24,43,46-48H,1-4H3. The van der Waals surface area contributed by atoms with E-state index in [-0.39, 0.29) is 0 Å². The number of aromatic amines is 2. The van der Waals surface area contributed by atoms with Crippen LogP contribution in [0, 0.1) is 0 Å². The number of ether oxygens (including phenoxy) is 4. The third-order valence-electron chi connectivity index (χ3n) is 8.25. The van der Waals surface area contributed by atoms with Crippen molar-refractivity contribution in [1.82, 2.24) is 19.9 Å². The number of fused-ring (bicyclic) bond motifs is 8. The zero-order valence-corrected chi connectivity index (χ0v) is 31.9. The molecule has 7 rings (SSSR count). The molecule has 5 heterocycles. The minimum Gasteiger partial charge on any atom is -0.465 e. The maximum absolute atomic E-state index is 9.66. The van der Waals surface area contributed by atoms with E-state index in [0.29, 0.717) is 11.5 Å². The predicted molar refractivity (Wildman–Crippen MR) is 211 cm³/mol. The van der Waals surface area contributed by atoms with Crippen LogP contribution in [0.2, 0.25) is 0 Å². The molecule has 0 radical (unpaired) electrons. The van der Waals surface area contributed by atoms with Crippen molar-refractivity contribution in [1.29, 1.82) is 0 Å². The van der Waals surface area contributed by atoms with Crippen LogP contribution in [-0.4, -0.2) is 55.3 Å². The maximum Gasteiger partial charge on any atom is 0.199 e. The Morgan fingerprint density at radius 2 is 0.923 bits per heavy atom. The molecule has 0 aliphatic carbocycles. The van der Waals surface area contributed by atoms with Gasteiger partial charge in [0.15, 0.2) is 25.2 Å². The fourth-order valence-corrected chi connectivity index (χ4v) is 7.09. The first kappa shape index (κ1) is 35.8. The molecule has 4 atom stereocenters. The number of aliphatic hydroxyl groups is 2. The van der Waals surface area contributed by atoms with E-state index in [0.717, 1.165) is 76.0 Å². The Morgan fingerprint density at radius 3 is 1.33 bits per heavy atom. The third kappa shape index (κ3) is 7.77. The van der Waals surface area contributed by atoms with Crippen molar-refractivity contribution in [3.8, 4) is 33.8 Å². The molecule has 12 heteroatoms. The summed E-state index contributed by atoms with van der Waals surface area (Å²) in [6.45, 7) is 6.56. The van der Waals surface area contributed by atoms with Crippen LogP contribution in [0.1, 0.15) is 50.5 Å². The molecule has 5 aromatic rings. The van der Waals surface area contributed by atoms with Crippen molar-refractivity contribution in [3.05, 3.63) is 105 Å². The van der Waals surface area contributed by atoms with Crippen molar-refractivity contribution in [2.24, 2.45) is 0 Å². The molecule has 0 fully saturated rings. The number of nitrogens with zero attached hydrogens (tertiary/aromatic N) is 2. The van der Waals surface area contributed by atoms with E-state index in [2.05, 4.69) is 41.8 Å². The van der Waals surface area contributed by atoms with Crippen molar-refractivity contribution in [3.63, 3.8) is 0 Å². The largest absolute Gasteiger partial charge is 0.465 e. The number of halogens is 2. The summed E-state index contributed by atoms with van der Waals surface area (Å²) in [5.41, 5.74) is 9.86. The minimum absolute atomic E-state index is 0.587. The van der Waals surface area contributed by atoms with Crippen molar-refractivity contribution >= 4 is 78.2 Å². The molecule has 0 amide bonds. The molecular formula is C40H36Br2N4O6. The first-order valence-electron chi connectivity index (χ1n) is 16.7. The van der Waals surface area contributed by atoms with Gasteiger partial charge in [-0.25, -0.2) is 9.97 Å². The van der Waals surface area contributed by atoms with Gasteiger partial charge in [-0.2, -0.15) is 0 Å². The second-order valence-corrected chi connectivity index (χ2v) is 13.9. The Hall–Kier alpha value is -4.56. The Bertz CT molecular complexity index is 2200. The summed E-state index contributed by atoms with van der Waals surface area (Å²) in [4.78, 5) is 17.4. The molecule has 0 saturated heterocycles. The molecule has 4 N–H and O–H groups in total. The third-order valence-corrected chi connectivity index (χ3v) is 9.92. The first-order chi connectivity index (χ1) is 25.0. The molecule has 0 spiro atoms. The van der Waals surface area contributed by atoms with Crippen molar-refractivity contribution in [2.45, 2.75) is 52.9 Å². The number of H-pyrrole nitrogens is 2. The lowest BCUT2D eigenvalue weighted by molar-refractivity contribution is -0.180. The molecular weight excluding hydrogens is 792 g/mol. The number of hydrogen-bond donors (Lipinski definition) is 4. The maximum atomic E-state index is 9.66. The molecule has 2 aliphatic rings. The van der Waals surface area contributed by atoms with Gasteiger partial charge in [0.1, 0.15) is 11.5 Å². The van der Waals surface area contributed by atoms with E-state index in [1.807, 2.05) is 97.1 Å². The number of rotatable bonds is 10. The fraction of sp³-hybridized carbons (Fsp3) is 0.200. The Balaban J connectivity index is 1.43. The summed E-state index contributed by atoms with van der Waals surface area (Å²) in [5, 5.41) is 19.3. The zero-order chi connectivity index (χ0) is 36.5. The smallest absolute Gasteiger partial charge is 0.199 e. The van der Waals surface area contributed by atoms with Gasteiger partial charge in [0.2, 0.25) is 0 Å². The van der Waals surface area contributed by atoms with Crippen molar-refractivity contribution in [2.75, 3.05) is 0 Å². The summed E-state index contributed by atoms with van der Waals surface area (Å²) in [5.74, 6) is 1.17.